The van der Waals surface area contributed by atoms with E-state index in [-0.39, 0.29) is 41.7 Å². The van der Waals surface area contributed by atoms with Crippen LogP contribution in [0, 0.1) is 22.7 Å². The molecule has 0 radical (unpaired) electrons. The van der Waals surface area contributed by atoms with Crippen molar-refractivity contribution in [1.29, 1.82) is 10.5 Å². The minimum Gasteiger partial charge on any atom is -0.493 e. The van der Waals surface area contributed by atoms with Gasteiger partial charge in [0, 0.05) is 28.9 Å². The third-order valence-electron chi connectivity index (χ3n) is 8.97. The minimum atomic E-state index is -0.651. The minimum absolute atomic E-state index is 0.00926. The van der Waals surface area contributed by atoms with Crippen molar-refractivity contribution in [2.45, 2.75) is 18.8 Å². The number of amidine groups is 2. The van der Waals surface area contributed by atoms with Gasteiger partial charge in [-0.3, -0.25) is 9.59 Å². The van der Waals surface area contributed by atoms with E-state index in [0.29, 0.717) is 67.0 Å². The Morgan fingerprint density at radius 2 is 1.03 bits per heavy atom. The zero-order chi connectivity index (χ0) is 43.5. The Hall–Kier alpha value is -7.42. The third-order valence-corrected chi connectivity index (χ3v) is 10.7. The van der Waals surface area contributed by atoms with Crippen molar-refractivity contribution in [3.8, 4) is 35.1 Å². The molecule has 61 heavy (non-hydrogen) atoms. The van der Waals surface area contributed by atoms with Gasteiger partial charge in [-0.25, -0.2) is 20.0 Å². The highest BCUT2D eigenvalue weighted by atomic mass is 32.2. The van der Waals surface area contributed by atoms with Gasteiger partial charge in [-0.2, -0.15) is 10.5 Å². The highest BCUT2D eigenvalue weighted by Crippen LogP contribution is 2.34. The Bertz CT molecular complexity index is 2380. The molecule has 0 aliphatic carbocycles. The van der Waals surface area contributed by atoms with Crippen molar-refractivity contribution in [2.24, 2.45) is 31.4 Å². The molecule has 0 saturated heterocycles. The van der Waals surface area contributed by atoms with Crippen LogP contribution in [-0.4, -0.2) is 74.0 Å². The number of nitrogens with two attached hydrogens (primary N) is 2. The topological polar surface area (TPSA) is 268 Å². The average molecular weight is 861 g/mol. The molecule has 312 valence electrons. The summed E-state index contributed by atoms with van der Waals surface area (Å²) in [6.45, 7) is 0. The van der Waals surface area contributed by atoms with E-state index in [9.17, 15) is 20.1 Å². The first kappa shape index (κ1) is 43.2. The summed E-state index contributed by atoms with van der Waals surface area (Å²) in [5.41, 5.74) is 16.3. The number of carbonyl (C=O) groups excluding carboxylic acids is 2. The first-order chi connectivity index (χ1) is 29.5. The highest BCUT2D eigenvalue weighted by Gasteiger charge is 2.22. The van der Waals surface area contributed by atoms with E-state index in [0.717, 1.165) is 34.7 Å². The molecule has 2 aliphatic heterocycles. The lowest BCUT2D eigenvalue weighted by Crippen LogP contribution is -2.39. The zero-order valence-electron chi connectivity index (χ0n) is 33.3. The molecule has 0 unspecified atom stereocenters. The zero-order valence-corrected chi connectivity index (χ0v) is 34.9. The van der Waals surface area contributed by atoms with Crippen molar-refractivity contribution in [1.82, 2.24) is 10.6 Å². The quantitative estimate of drug-likeness (QED) is 0.103. The smallest absolute Gasteiger partial charge is 0.234 e. The Balaban J connectivity index is 1.03. The number of amides is 2. The number of rotatable bonds is 14. The molecule has 0 saturated carbocycles. The van der Waals surface area contributed by atoms with E-state index in [4.69, 9.17) is 30.4 Å². The number of hydrogen-bond donors (Lipinski definition) is 6. The van der Waals surface area contributed by atoms with E-state index >= 15 is 0 Å². The van der Waals surface area contributed by atoms with Gasteiger partial charge in [0.1, 0.15) is 0 Å². The summed E-state index contributed by atoms with van der Waals surface area (Å²) < 4.78 is 21.4. The number of carbonyl (C=O) groups is 2. The van der Waals surface area contributed by atoms with Gasteiger partial charge < -0.3 is 51.7 Å². The summed E-state index contributed by atoms with van der Waals surface area (Å²) in [4.78, 5) is 43.8. The molecule has 4 aromatic carbocycles. The molecular formula is C41H40N12O6S2. The van der Waals surface area contributed by atoms with Gasteiger partial charge in [0.2, 0.25) is 11.8 Å². The van der Waals surface area contributed by atoms with Crippen molar-refractivity contribution in [3.05, 3.63) is 106 Å². The second kappa shape index (κ2) is 20.0. The van der Waals surface area contributed by atoms with E-state index in [1.165, 1.54) is 14.2 Å². The summed E-state index contributed by atoms with van der Waals surface area (Å²) >= 11 is 2.28. The maximum atomic E-state index is 13.0. The fourth-order valence-electron chi connectivity index (χ4n) is 6.06. The molecule has 0 aromatic heterocycles. The van der Waals surface area contributed by atoms with E-state index < -0.39 is 12.3 Å². The fourth-order valence-corrected chi connectivity index (χ4v) is 7.44. The standard InChI is InChI=1S/C41H40N12O6S2/c1-56-30-11-7-24(16-32(30)58-3)36-48-38(44)52-40(50-36)60-20-34(54)46-28-9-5-22(26(14-28)18-42)13-23-6-10-29(15-27(23)19-43)47-35(55)21-61-41-51-37(49-39(45)53-41)25-8-12-31(57-2)33(17-25)59-4/h5-12,14-17,36-37H,13,20-21H2,1-4H3,(H,46,54)(H,47,55)(H3,44,48,50,52)(H3,45,49,51,53)/t36-,37+. The molecule has 4 aromatic rings. The van der Waals surface area contributed by atoms with Gasteiger partial charge >= 0.3 is 0 Å². The maximum Gasteiger partial charge on any atom is 0.234 e. The lowest BCUT2D eigenvalue weighted by molar-refractivity contribution is -0.114. The Kier molecular flexibility index (Phi) is 14.2. The largest absolute Gasteiger partial charge is 0.493 e. The molecular weight excluding hydrogens is 821 g/mol. The number of nitrogens with one attached hydrogen (secondary N) is 4. The van der Waals surface area contributed by atoms with Crippen LogP contribution in [0.25, 0.3) is 0 Å². The van der Waals surface area contributed by atoms with Gasteiger partial charge in [0.15, 0.2) is 57.6 Å². The summed E-state index contributed by atoms with van der Waals surface area (Å²) in [5, 5.41) is 32.2. The second-order valence-electron chi connectivity index (χ2n) is 12.9. The van der Waals surface area contributed by atoms with Crippen LogP contribution < -0.4 is 51.7 Å². The lowest BCUT2D eigenvalue weighted by Gasteiger charge is -2.20. The molecule has 2 atom stereocenters. The summed E-state index contributed by atoms with van der Waals surface area (Å²) in [7, 11) is 6.16. The van der Waals surface area contributed by atoms with Gasteiger partial charge in [0.25, 0.3) is 0 Å². The molecule has 0 bridgehead atoms. The predicted molar refractivity (Wildman–Crippen MR) is 236 cm³/mol. The average Bonchev–Trinajstić information content (AvgIpc) is 3.27. The van der Waals surface area contributed by atoms with E-state index in [1.54, 1.807) is 87.0 Å². The Labute approximate surface area is 359 Å². The summed E-state index contributed by atoms with van der Waals surface area (Å²) in [6, 6.07) is 25.0. The van der Waals surface area contributed by atoms with Gasteiger partial charge in [-0.05, 0) is 59.7 Å². The molecule has 8 N–H and O–H groups in total. The van der Waals surface area contributed by atoms with E-state index in [1.807, 2.05) is 0 Å². The number of methoxy groups -OCH3 is 4. The number of guanidine groups is 2. The molecule has 20 heteroatoms. The summed E-state index contributed by atoms with van der Waals surface area (Å²) in [5.74, 6) is 1.76. The van der Waals surface area contributed by atoms with E-state index in [2.05, 4.69) is 53.4 Å². The van der Waals surface area contributed by atoms with Crippen molar-refractivity contribution in [2.75, 3.05) is 50.6 Å². The van der Waals surface area contributed by atoms with Crippen molar-refractivity contribution in [3.63, 3.8) is 0 Å². The summed E-state index contributed by atoms with van der Waals surface area (Å²) in [6.07, 6.45) is -1.05. The Morgan fingerprint density at radius 3 is 1.41 bits per heavy atom. The van der Waals surface area contributed by atoms with Gasteiger partial charge in [0.05, 0.1) is 63.2 Å². The monoisotopic (exact) mass is 860 g/mol. The SMILES string of the molecule is COc1ccc([C@@H]2N=C(N)NC(SCC(=O)Nc3ccc(Cc4ccc(NC(=O)CSC5=N[C@@H](c6ccc(OC)c(OC)c6)N=C(N)N5)cc4C#N)c(C#N)c3)=N2)cc1OC. The van der Waals surface area contributed by atoms with Crippen LogP contribution in [0.1, 0.15) is 45.7 Å². The third kappa shape index (κ3) is 11.0. The lowest BCUT2D eigenvalue weighted by atomic mass is 9.96. The van der Waals surface area contributed by atoms with Gasteiger partial charge in [-0.15, -0.1) is 0 Å². The van der Waals surface area contributed by atoms with Crippen molar-refractivity contribution >= 4 is 69.0 Å². The molecule has 2 heterocycles. The van der Waals surface area contributed by atoms with Crippen molar-refractivity contribution < 1.29 is 28.5 Å². The molecule has 18 nitrogen and oxygen atoms in total. The highest BCUT2D eigenvalue weighted by molar-refractivity contribution is 8.14. The molecule has 6 rings (SSSR count). The number of thioether (sulfide) groups is 2. The van der Waals surface area contributed by atoms with Crippen LogP contribution in [-0.2, 0) is 16.0 Å². The normalized spacial score (nSPS) is 15.4. The molecule has 2 amide bonds. The number of nitrogens with zero attached hydrogens (tertiary/aromatic N) is 6. The number of hydrogen-bond acceptors (Lipinski definition) is 18. The Morgan fingerprint density at radius 1 is 0.623 bits per heavy atom. The number of anilines is 2. The van der Waals surface area contributed by atoms with Crippen LogP contribution in [0.4, 0.5) is 11.4 Å². The van der Waals surface area contributed by atoms with Crippen LogP contribution >= 0.6 is 23.5 Å². The number of nitriles is 2. The molecule has 0 spiro atoms. The number of aliphatic imine (C=N–C) groups is 4. The van der Waals surface area contributed by atoms with Crippen LogP contribution in [0.3, 0.4) is 0 Å². The first-order valence-electron chi connectivity index (χ1n) is 18.2. The molecule has 2 aliphatic rings. The second-order valence-corrected chi connectivity index (χ2v) is 14.9. The van der Waals surface area contributed by atoms with Gasteiger partial charge in [-0.1, -0.05) is 47.8 Å². The number of ether oxygens (including phenoxy) is 4. The maximum absolute atomic E-state index is 13.0. The predicted octanol–water partition coefficient (Wildman–Crippen LogP) is 4.34. The molecule has 0 fully saturated rings. The van der Waals surface area contributed by atoms with Crippen LogP contribution in [0.5, 0.6) is 23.0 Å². The first-order valence-corrected chi connectivity index (χ1v) is 20.2. The van der Waals surface area contributed by atoms with Crippen LogP contribution in [0.2, 0.25) is 0 Å². The number of benzene rings is 4. The fraction of sp³-hybridized carbons (Fsp3) is 0.220. The van der Waals surface area contributed by atoms with Crippen LogP contribution in [0.15, 0.2) is 92.8 Å².